The zero-order chi connectivity index (χ0) is 18.8. The van der Waals surface area contributed by atoms with Crippen LogP contribution in [-0.4, -0.2) is 36.5 Å². The van der Waals surface area contributed by atoms with E-state index in [1.165, 1.54) is 12.1 Å². The minimum atomic E-state index is -0.524. The molecule has 0 radical (unpaired) electrons. The average molecular weight is 356 g/mol. The number of methoxy groups -OCH3 is 2. The van der Waals surface area contributed by atoms with Gasteiger partial charge in [0, 0.05) is 12.6 Å². The fraction of sp³-hybridized carbons (Fsp3) is 0.316. The van der Waals surface area contributed by atoms with Crippen molar-refractivity contribution in [1.82, 2.24) is 4.90 Å². The van der Waals surface area contributed by atoms with E-state index in [-0.39, 0.29) is 23.2 Å². The fourth-order valence-electron chi connectivity index (χ4n) is 3.39. The van der Waals surface area contributed by atoms with E-state index in [1.54, 1.807) is 31.3 Å². The van der Waals surface area contributed by atoms with Crippen LogP contribution in [0.5, 0.6) is 11.5 Å². The molecule has 0 bridgehead atoms. The maximum atomic E-state index is 13.0. The van der Waals surface area contributed by atoms with Gasteiger partial charge in [0.15, 0.2) is 11.5 Å². The van der Waals surface area contributed by atoms with Crippen molar-refractivity contribution in [3.05, 3.63) is 63.2 Å². The molecule has 136 valence electrons. The van der Waals surface area contributed by atoms with Crippen LogP contribution in [0.2, 0.25) is 0 Å². The zero-order valence-corrected chi connectivity index (χ0v) is 14.9. The third kappa shape index (κ3) is 2.96. The van der Waals surface area contributed by atoms with Crippen LogP contribution in [0.3, 0.4) is 0 Å². The molecule has 1 atom stereocenters. The van der Waals surface area contributed by atoms with Gasteiger partial charge < -0.3 is 14.4 Å². The maximum Gasteiger partial charge on any atom is 0.282 e. The number of carbonyl (C=O) groups excluding carboxylic acids is 1. The standard InChI is InChI=1S/C19H20N2O5/c1-12-15-11-18(26-3)17(25-2)10-13(15)8-9-20(12)19(22)14-6-4-5-7-16(14)21(23)24/h4-7,10-12H,8-9H2,1-3H3. The normalized spacial score (nSPS) is 16.0. The Morgan fingerprint density at radius 2 is 1.85 bits per heavy atom. The molecule has 2 aromatic carbocycles. The second-order valence-corrected chi connectivity index (χ2v) is 6.10. The molecule has 2 aromatic rings. The van der Waals surface area contributed by atoms with Crippen LogP contribution in [0.4, 0.5) is 5.69 Å². The number of hydrogen-bond acceptors (Lipinski definition) is 5. The molecule has 1 unspecified atom stereocenters. The molecule has 0 fully saturated rings. The number of fused-ring (bicyclic) bond motifs is 1. The van der Waals surface area contributed by atoms with E-state index in [1.807, 2.05) is 19.1 Å². The van der Waals surface area contributed by atoms with Gasteiger partial charge in [-0.3, -0.25) is 14.9 Å². The summed E-state index contributed by atoms with van der Waals surface area (Å²) in [5, 5.41) is 11.2. The number of nitro groups is 1. The zero-order valence-electron chi connectivity index (χ0n) is 14.9. The minimum Gasteiger partial charge on any atom is -0.493 e. The molecule has 0 saturated carbocycles. The highest BCUT2D eigenvalue weighted by Crippen LogP contribution is 2.38. The van der Waals surface area contributed by atoms with Crippen molar-refractivity contribution in [1.29, 1.82) is 0 Å². The molecule has 26 heavy (non-hydrogen) atoms. The lowest BCUT2D eigenvalue weighted by Gasteiger charge is -2.35. The molecule has 0 N–H and O–H groups in total. The van der Waals surface area contributed by atoms with Crippen molar-refractivity contribution in [2.24, 2.45) is 0 Å². The Kier molecular flexibility index (Phi) is 4.79. The van der Waals surface area contributed by atoms with Crippen molar-refractivity contribution in [3.8, 4) is 11.5 Å². The number of rotatable bonds is 4. The first-order valence-electron chi connectivity index (χ1n) is 8.27. The molecule has 1 amide bonds. The molecule has 0 aromatic heterocycles. The van der Waals surface area contributed by atoms with Crippen molar-refractivity contribution in [3.63, 3.8) is 0 Å². The van der Waals surface area contributed by atoms with Gasteiger partial charge in [0.25, 0.3) is 11.6 Å². The summed E-state index contributed by atoms with van der Waals surface area (Å²) >= 11 is 0. The highest BCUT2D eigenvalue weighted by Gasteiger charge is 2.32. The van der Waals surface area contributed by atoms with Crippen LogP contribution >= 0.6 is 0 Å². The second kappa shape index (κ2) is 7.03. The van der Waals surface area contributed by atoms with Gasteiger partial charge >= 0.3 is 0 Å². The number of para-hydroxylation sites is 1. The van der Waals surface area contributed by atoms with E-state index in [0.717, 1.165) is 11.1 Å². The monoisotopic (exact) mass is 356 g/mol. The molecule has 7 heteroatoms. The van der Waals surface area contributed by atoms with Crippen LogP contribution in [0.1, 0.15) is 34.5 Å². The van der Waals surface area contributed by atoms with Crippen LogP contribution in [0, 0.1) is 10.1 Å². The molecule has 1 heterocycles. The summed E-state index contributed by atoms with van der Waals surface area (Å²) in [4.78, 5) is 25.4. The van der Waals surface area contributed by atoms with Gasteiger partial charge in [-0.2, -0.15) is 0 Å². The van der Waals surface area contributed by atoms with E-state index < -0.39 is 4.92 Å². The molecule has 1 aliphatic heterocycles. The number of hydrogen-bond donors (Lipinski definition) is 0. The lowest BCUT2D eigenvalue weighted by molar-refractivity contribution is -0.385. The van der Waals surface area contributed by atoms with Crippen LogP contribution < -0.4 is 9.47 Å². The lowest BCUT2D eigenvalue weighted by atomic mass is 9.92. The van der Waals surface area contributed by atoms with Crippen molar-refractivity contribution in [2.75, 3.05) is 20.8 Å². The molecule has 7 nitrogen and oxygen atoms in total. The summed E-state index contributed by atoms with van der Waals surface area (Å²) in [6.45, 7) is 2.39. The average Bonchev–Trinajstić information content (AvgIpc) is 2.66. The molecule has 0 aliphatic carbocycles. The predicted molar refractivity (Wildman–Crippen MR) is 95.8 cm³/mol. The molecule has 0 spiro atoms. The number of nitrogens with zero attached hydrogens (tertiary/aromatic N) is 2. The number of nitro benzene ring substituents is 1. The summed E-state index contributed by atoms with van der Waals surface area (Å²) in [5.74, 6) is 0.903. The van der Waals surface area contributed by atoms with Crippen LogP contribution in [0.25, 0.3) is 0 Å². The van der Waals surface area contributed by atoms with Crippen molar-refractivity contribution < 1.29 is 19.2 Å². The number of ether oxygens (including phenoxy) is 2. The Morgan fingerprint density at radius 3 is 2.50 bits per heavy atom. The van der Waals surface area contributed by atoms with Crippen molar-refractivity contribution >= 4 is 11.6 Å². The first kappa shape index (κ1) is 17.7. The fourth-order valence-corrected chi connectivity index (χ4v) is 3.39. The maximum absolute atomic E-state index is 13.0. The molecular formula is C19H20N2O5. The molecule has 0 saturated heterocycles. The van der Waals surface area contributed by atoms with E-state index in [0.29, 0.717) is 24.5 Å². The van der Waals surface area contributed by atoms with Gasteiger partial charge in [-0.25, -0.2) is 0 Å². The van der Waals surface area contributed by atoms with E-state index in [2.05, 4.69) is 0 Å². The van der Waals surface area contributed by atoms with Gasteiger partial charge in [-0.05, 0) is 42.7 Å². The number of carbonyl (C=O) groups is 1. The van der Waals surface area contributed by atoms with Gasteiger partial charge in [-0.1, -0.05) is 12.1 Å². The third-order valence-electron chi connectivity index (χ3n) is 4.78. The van der Waals surface area contributed by atoms with E-state index in [9.17, 15) is 14.9 Å². The highest BCUT2D eigenvalue weighted by molar-refractivity contribution is 5.98. The Hall–Kier alpha value is -3.09. The van der Waals surface area contributed by atoms with E-state index in [4.69, 9.17) is 9.47 Å². The van der Waals surface area contributed by atoms with Crippen LogP contribution in [-0.2, 0) is 6.42 Å². The quantitative estimate of drug-likeness (QED) is 0.620. The lowest BCUT2D eigenvalue weighted by Crippen LogP contribution is -2.39. The Labute approximate surface area is 151 Å². The second-order valence-electron chi connectivity index (χ2n) is 6.10. The van der Waals surface area contributed by atoms with Gasteiger partial charge in [0.05, 0.1) is 25.2 Å². The van der Waals surface area contributed by atoms with Crippen LogP contribution in [0.15, 0.2) is 36.4 Å². The SMILES string of the molecule is COc1cc2c(cc1OC)C(C)N(C(=O)c1ccccc1[N+](=O)[O-])CC2. The largest absolute Gasteiger partial charge is 0.493 e. The smallest absolute Gasteiger partial charge is 0.282 e. The first-order chi connectivity index (χ1) is 12.5. The van der Waals surface area contributed by atoms with Gasteiger partial charge in [-0.15, -0.1) is 0 Å². The predicted octanol–water partition coefficient (Wildman–Crippen LogP) is 3.37. The first-order valence-corrected chi connectivity index (χ1v) is 8.27. The Bertz CT molecular complexity index is 865. The summed E-state index contributed by atoms with van der Waals surface area (Å²) in [6.07, 6.45) is 0.645. The molecule has 3 rings (SSSR count). The topological polar surface area (TPSA) is 81.9 Å². The Balaban J connectivity index is 1.98. The Morgan fingerprint density at radius 1 is 1.19 bits per heavy atom. The number of benzene rings is 2. The number of amides is 1. The van der Waals surface area contributed by atoms with Gasteiger partial charge in [0.2, 0.25) is 0 Å². The highest BCUT2D eigenvalue weighted by atomic mass is 16.6. The minimum absolute atomic E-state index is 0.105. The summed E-state index contributed by atoms with van der Waals surface area (Å²) in [6, 6.07) is 9.61. The molecule has 1 aliphatic rings. The third-order valence-corrected chi connectivity index (χ3v) is 4.78. The summed E-state index contributed by atoms with van der Waals surface area (Å²) in [5.41, 5.74) is 1.97. The summed E-state index contributed by atoms with van der Waals surface area (Å²) < 4.78 is 10.7. The molecular weight excluding hydrogens is 336 g/mol. The van der Waals surface area contributed by atoms with Crippen molar-refractivity contribution in [2.45, 2.75) is 19.4 Å². The van der Waals surface area contributed by atoms with E-state index >= 15 is 0 Å². The summed E-state index contributed by atoms with van der Waals surface area (Å²) in [7, 11) is 3.15. The van der Waals surface area contributed by atoms with Gasteiger partial charge in [0.1, 0.15) is 5.56 Å².